The Hall–Kier alpha value is -2.44. The van der Waals surface area contributed by atoms with Crippen molar-refractivity contribution in [3.63, 3.8) is 0 Å². The van der Waals surface area contributed by atoms with Gasteiger partial charge in [-0.05, 0) is 146 Å². The van der Waals surface area contributed by atoms with Gasteiger partial charge in [-0.2, -0.15) is 0 Å². The van der Waals surface area contributed by atoms with E-state index in [0.717, 1.165) is 55.6 Å². The van der Waals surface area contributed by atoms with Crippen molar-refractivity contribution in [3.8, 4) is 0 Å². The average Bonchev–Trinajstić information content (AvgIpc) is 3.19. The summed E-state index contributed by atoms with van der Waals surface area (Å²) in [5.74, 6) is 4.22. The predicted molar refractivity (Wildman–Crippen MR) is 226 cm³/mol. The van der Waals surface area contributed by atoms with Crippen molar-refractivity contribution in [2.75, 3.05) is 0 Å². The van der Waals surface area contributed by atoms with Crippen molar-refractivity contribution in [2.45, 2.75) is 138 Å². The highest BCUT2D eigenvalue weighted by Gasteiger charge is 2.50. The van der Waals surface area contributed by atoms with E-state index in [0.29, 0.717) is 53.3 Å². The fourth-order valence-corrected chi connectivity index (χ4v) is 12.8. The molecule has 0 amide bonds. The van der Waals surface area contributed by atoms with Crippen molar-refractivity contribution < 1.29 is 18.1 Å². The Balaban J connectivity index is 1.52. The molecule has 56 heavy (non-hydrogen) atoms. The molecule has 0 bridgehead atoms. The Morgan fingerprint density at radius 2 is 0.750 bits per heavy atom. The third-order valence-electron chi connectivity index (χ3n) is 14.1. The van der Waals surface area contributed by atoms with Crippen LogP contribution in [0.5, 0.6) is 0 Å². The Bertz CT molecular complexity index is 1460. The number of nitrogens with zero attached hydrogens (tertiary/aromatic N) is 3. The van der Waals surface area contributed by atoms with Gasteiger partial charge in [-0.1, -0.05) is 99.8 Å². The lowest BCUT2D eigenvalue weighted by Crippen LogP contribution is -2.36. The van der Waals surface area contributed by atoms with Gasteiger partial charge in [0, 0.05) is 18.6 Å². The Morgan fingerprint density at radius 1 is 0.464 bits per heavy atom. The van der Waals surface area contributed by atoms with Crippen LogP contribution in [0.25, 0.3) is 0 Å². The predicted octanol–water partition coefficient (Wildman–Crippen LogP) is 13.7. The fourth-order valence-electron chi connectivity index (χ4n) is 11.1. The monoisotopic (exact) mass is 786 g/mol. The summed E-state index contributed by atoms with van der Waals surface area (Å²) in [6.07, 6.45) is 13.5. The van der Waals surface area contributed by atoms with Crippen LogP contribution in [0.15, 0.2) is 73.2 Å². The first-order valence-corrected chi connectivity index (χ1v) is 23.7. The molecule has 0 aliphatic heterocycles. The van der Waals surface area contributed by atoms with E-state index in [2.05, 4.69) is 62.3 Å². The van der Waals surface area contributed by atoms with Crippen LogP contribution in [0.1, 0.15) is 155 Å². The highest BCUT2D eigenvalue weighted by Crippen LogP contribution is 2.65. The topological polar surface area (TPSA) is 83.4 Å². The molecule has 3 aliphatic carbocycles. The molecule has 3 saturated carbocycles. The standard InChI is InChI=1S/C48H72N3O4P/c1-31(2)37-22-19-34(7)28-40(37)46(43-16-10-13-25-49-43)53-56(52,54-47(44-17-11-14-26-50-44)41-29-35(8)20-23-38(41)32(3)4)55-48(45-18-12-15-27-51-45)42-30-36(9)21-24-39(42)33(5)6/h10-18,25-27,31-42,46-48H,19-24,28-30H2,1-9H3/t34-,35-,36-,37+,38+,39+,40+,41+,42+,46+,47+,48+/m1/s1. The molecule has 3 aromatic rings. The summed E-state index contributed by atoms with van der Waals surface area (Å²) in [4.78, 5) is 14.8. The van der Waals surface area contributed by atoms with Gasteiger partial charge in [-0.3, -0.25) is 28.5 Å². The van der Waals surface area contributed by atoms with E-state index in [4.69, 9.17) is 28.5 Å². The van der Waals surface area contributed by atoms with E-state index in [9.17, 15) is 0 Å². The van der Waals surface area contributed by atoms with Gasteiger partial charge in [0.15, 0.2) is 0 Å². The van der Waals surface area contributed by atoms with Gasteiger partial charge >= 0.3 is 7.82 Å². The first-order chi connectivity index (χ1) is 26.8. The van der Waals surface area contributed by atoms with Crippen molar-refractivity contribution in [1.82, 2.24) is 15.0 Å². The number of pyridine rings is 3. The van der Waals surface area contributed by atoms with E-state index < -0.39 is 26.1 Å². The van der Waals surface area contributed by atoms with Crippen LogP contribution in [0, 0.1) is 71.0 Å². The maximum Gasteiger partial charge on any atom is 0.476 e. The first kappa shape index (κ1) is 43.1. The molecule has 0 N–H and O–H groups in total. The molecule has 3 fully saturated rings. The zero-order valence-corrected chi connectivity index (χ0v) is 36.8. The number of hydrogen-bond acceptors (Lipinski definition) is 7. The Morgan fingerprint density at radius 3 is 0.982 bits per heavy atom. The molecule has 0 saturated heterocycles. The van der Waals surface area contributed by atoms with Crippen LogP contribution in [0.3, 0.4) is 0 Å². The molecule has 3 aliphatic rings. The number of aromatic nitrogens is 3. The molecule has 0 spiro atoms. The van der Waals surface area contributed by atoms with Gasteiger partial charge in [0.1, 0.15) is 18.3 Å². The highest BCUT2D eigenvalue weighted by molar-refractivity contribution is 7.48. The van der Waals surface area contributed by atoms with Gasteiger partial charge in [0.2, 0.25) is 0 Å². The summed E-state index contributed by atoms with van der Waals surface area (Å²) in [6.45, 7) is 20.9. The average molecular weight is 786 g/mol. The van der Waals surface area contributed by atoms with E-state index in [-0.39, 0.29) is 17.8 Å². The molecule has 7 nitrogen and oxygen atoms in total. The van der Waals surface area contributed by atoms with Crippen LogP contribution in [0.4, 0.5) is 0 Å². The number of hydrogen-bond donors (Lipinski definition) is 0. The summed E-state index contributed by atoms with van der Waals surface area (Å²) in [6, 6.07) is 18.0. The molecule has 308 valence electrons. The van der Waals surface area contributed by atoms with Crippen LogP contribution in [-0.4, -0.2) is 15.0 Å². The molecule has 6 rings (SSSR count). The van der Waals surface area contributed by atoms with Gasteiger partial charge in [-0.15, -0.1) is 0 Å². The maximum absolute atomic E-state index is 16.6. The third kappa shape index (κ3) is 10.6. The minimum atomic E-state index is -4.43. The minimum Gasteiger partial charge on any atom is -0.277 e. The summed E-state index contributed by atoms with van der Waals surface area (Å²) >= 11 is 0. The molecule has 0 aromatic carbocycles. The van der Waals surface area contributed by atoms with Crippen molar-refractivity contribution in [3.05, 3.63) is 90.3 Å². The van der Waals surface area contributed by atoms with Gasteiger partial charge in [0.05, 0.1) is 17.1 Å². The quantitative estimate of drug-likeness (QED) is 0.142. The van der Waals surface area contributed by atoms with Crippen LogP contribution in [-0.2, 0) is 18.1 Å². The second-order valence-corrected chi connectivity index (χ2v) is 20.8. The largest absolute Gasteiger partial charge is 0.476 e. The minimum absolute atomic E-state index is 0.0898. The molecular formula is C48H72N3O4P. The lowest BCUT2D eigenvalue weighted by Gasteiger charge is -2.45. The highest BCUT2D eigenvalue weighted by atomic mass is 31.2. The lowest BCUT2D eigenvalue weighted by molar-refractivity contribution is -0.0615. The SMILES string of the molecule is CC(C)[C@@H]1CC[C@@H](C)C[C@@H]1[C@H](OP(=O)(O[C@H](c1ccccn1)[C@H]1C[C@H](C)CC[C@H]1C(C)C)O[C@H](c1ccccn1)[C@H]1C[C@H](C)CC[C@H]1C(C)C)c1ccccn1. The maximum atomic E-state index is 16.6. The Labute approximate surface area is 339 Å². The van der Waals surface area contributed by atoms with Crippen LogP contribution >= 0.6 is 7.82 Å². The summed E-state index contributed by atoms with van der Waals surface area (Å²) in [7, 11) is -4.43. The van der Waals surface area contributed by atoms with Gasteiger partial charge in [-0.25, -0.2) is 4.57 Å². The van der Waals surface area contributed by atoms with Gasteiger partial charge in [0.25, 0.3) is 0 Å². The molecular weight excluding hydrogens is 714 g/mol. The second-order valence-electron chi connectivity index (χ2n) is 19.3. The first-order valence-electron chi connectivity index (χ1n) is 22.2. The lowest BCUT2D eigenvalue weighted by atomic mass is 9.67. The van der Waals surface area contributed by atoms with E-state index >= 15 is 4.57 Å². The van der Waals surface area contributed by atoms with Crippen molar-refractivity contribution >= 4 is 7.82 Å². The third-order valence-corrected chi connectivity index (χ3v) is 15.5. The number of rotatable bonds is 15. The molecule has 12 atom stereocenters. The van der Waals surface area contributed by atoms with Crippen molar-refractivity contribution in [1.29, 1.82) is 0 Å². The normalized spacial score (nSPS) is 30.7. The van der Waals surface area contributed by atoms with Crippen molar-refractivity contribution in [2.24, 2.45) is 71.0 Å². The van der Waals surface area contributed by atoms with E-state index in [1.807, 2.05) is 73.2 Å². The summed E-state index contributed by atoms with van der Waals surface area (Å²) in [5.41, 5.74) is 2.35. The smallest absolute Gasteiger partial charge is 0.277 e. The van der Waals surface area contributed by atoms with E-state index in [1.165, 1.54) is 19.3 Å². The van der Waals surface area contributed by atoms with Crippen LogP contribution < -0.4 is 0 Å². The molecule has 0 radical (unpaired) electrons. The Kier molecular flexibility index (Phi) is 15.1. The van der Waals surface area contributed by atoms with E-state index in [1.54, 1.807) is 0 Å². The summed E-state index contributed by atoms with van der Waals surface area (Å²) in [5, 5.41) is 0. The zero-order valence-electron chi connectivity index (χ0n) is 35.9. The summed E-state index contributed by atoms with van der Waals surface area (Å²) < 4.78 is 38.6. The molecule has 0 unspecified atom stereocenters. The van der Waals surface area contributed by atoms with Crippen LogP contribution in [0.2, 0.25) is 0 Å². The molecule has 3 heterocycles. The van der Waals surface area contributed by atoms with Gasteiger partial charge < -0.3 is 0 Å². The second kappa shape index (κ2) is 19.5. The molecule has 3 aromatic heterocycles. The fraction of sp³-hybridized carbons (Fsp3) is 0.688. The number of phosphoric acid groups is 1. The number of phosphoric ester groups is 1. The zero-order chi connectivity index (χ0) is 40.0. The molecule has 8 heteroatoms.